The first-order chi connectivity index (χ1) is 7.04. The van der Waals surface area contributed by atoms with E-state index in [0.29, 0.717) is 5.54 Å². The zero-order valence-corrected chi connectivity index (χ0v) is 13.2. The van der Waals surface area contributed by atoms with Crippen LogP contribution in [0.3, 0.4) is 0 Å². The highest BCUT2D eigenvalue weighted by molar-refractivity contribution is 6.77. The minimum atomic E-state index is -1.44. The van der Waals surface area contributed by atoms with Crippen LogP contribution in [0.1, 0.15) is 41.5 Å². The molecule has 1 N–H and O–H groups in total. The van der Waals surface area contributed by atoms with Crippen LogP contribution in [0.2, 0.25) is 18.6 Å². The van der Waals surface area contributed by atoms with E-state index in [9.17, 15) is 0 Å². The molecule has 0 bridgehead atoms. The SMILES string of the molecule is CC1=CC([Si](C)(C)NC(C)(C)C)C(C)=C1C. The molecule has 16 heavy (non-hydrogen) atoms. The fraction of sp³-hybridized carbons (Fsp3) is 0.714. The van der Waals surface area contributed by atoms with Crippen LogP contribution in [0.15, 0.2) is 22.8 Å². The molecule has 2 heteroatoms. The quantitative estimate of drug-likeness (QED) is 0.708. The summed E-state index contributed by atoms with van der Waals surface area (Å²) in [5, 5.41) is 0. The second kappa shape index (κ2) is 4.15. The summed E-state index contributed by atoms with van der Waals surface area (Å²) in [6.45, 7) is 18.5. The molecule has 0 aromatic heterocycles. The summed E-state index contributed by atoms with van der Waals surface area (Å²) < 4.78 is 0. The van der Waals surface area contributed by atoms with Crippen molar-refractivity contribution in [2.45, 2.75) is 65.7 Å². The van der Waals surface area contributed by atoms with Crippen molar-refractivity contribution in [3.8, 4) is 0 Å². The van der Waals surface area contributed by atoms with Crippen LogP contribution in [0, 0.1) is 0 Å². The Morgan fingerprint density at radius 1 is 1.12 bits per heavy atom. The molecular weight excluding hydrogens is 210 g/mol. The number of hydrogen-bond donors (Lipinski definition) is 1. The van der Waals surface area contributed by atoms with Crippen molar-refractivity contribution < 1.29 is 0 Å². The van der Waals surface area contributed by atoms with Gasteiger partial charge in [-0.25, -0.2) is 0 Å². The maximum absolute atomic E-state index is 3.87. The standard InChI is InChI=1S/C14H27NSi/c1-10-9-13(12(3)11(10)2)16(7,8)15-14(4,5)6/h9,13,15H,1-8H3. The molecule has 1 aliphatic rings. The molecular formula is C14H27NSi. The lowest BCUT2D eigenvalue weighted by Gasteiger charge is -2.37. The third-order valence-electron chi connectivity index (χ3n) is 3.54. The van der Waals surface area contributed by atoms with Crippen LogP contribution < -0.4 is 4.98 Å². The number of hydrogen-bond acceptors (Lipinski definition) is 1. The van der Waals surface area contributed by atoms with Gasteiger partial charge in [-0.1, -0.05) is 30.3 Å². The van der Waals surface area contributed by atoms with Gasteiger partial charge in [-0.3, -0.25) is 0 Å². The average molecular weight is 237 g/mol. The van der Waals surface area contributed by atoms with Gasteiger partial charge < -0.3 is 4.98 Å². The highest BCUT2D eigenvalue weighted by Gasteiger charge is 2.37. The predicted molar refractivity (Wildman–Crippen MR) is 76.3 cm³/mol. The van der Waals surface area contributed by atoms with Crippen LogP contribution in [-0.2, 0) is 0 Å². The highest BCUT2D eigenvalue weighted by Crippen LogP contribution is 2.40. The van der Waals surface area contributed by atoms with E-state index in [4.69, 9.17) is 0 Å². The summed E-state index contributed by atoms with van der Waals surface area (Å²) in [5.74, 6) is 0. The molecule has 0 heterocycles. The first-order valence-electron chi connectivity index (χ1n) is 6.20. The van der Waals surface area contributed by atoms with Crippen molar-refractivity contribution in [3.05, 3.63) is 22.8 Å². The summed E-state index contributed by atoms with van der Waals surface area (Å²) in [7, 11) is -1.44. The topological polar surface area (TPSA) is 12.0 Å². The van der Waals surface area contributed by atoms with Gasteiger partial charge >= 0.3 is 0 Å². The van der Waals surface area contributed by atoms with E-state index in [1.807, 2.05) is 0 Å². The Morgan fingerprint density at radius 3 is 1.94 bits per heavy atom. The first-order valence-corrected chi connectivity index (χ1v) is 9.28. The van der Waals surface area contributed by atoms with E-state index in [-0.39, 0.29) is 5.54 Å². The van der Waals surface area contributed by atoms with E-state index in [2.05, 4.69) is 65.7 Å². The van der Waals surface area contributed by atoms with Gasteiger partial charge in [0, 0.05) is 11.1 Å². The third kappa shape index (κ3) is 2.86. The van der Waals surface area contributed by atoms with Gasteiger partial charge in [-0.05, 0) is 47.1 Å². The summed E-state index contributed by atoms with van der Waals surface area (Å²) in [5.41, 5.74) is 5.42. The smallest absolute Gasteiger partial charge is 0.130 e. The van der Waals surface area contributed by atoms with Crippen molar-refractivity contribution in [1.82, 2.24) is 4.98 Å². The van der Waals surface area contributed by atoms with Crippen LogP contribution in [0.4, 0.5) is 0 Å². The molecule has 0 saturated carbocycles. The van der Waals surface area contributed by atoms with Crippen molar-refractivity contribution in [3.63, 3.8) is 0 Å². The molecule has 0 aromatic rings. The molecule has 0 fully saturated rings. The fourth-order valence-electron chi connectivity index (χ4n) is 2.84. The Balaban J connectivity index is 2.95. The van der Waals surface area contributed by atoms with E-state index in [1.165, 1.54) is 11.1 Å². The van der Waals surface area contributed by atoms with Gasteiger partial charge in [-0.2, -0.15) is 0 Å². The van der Waals surface area contributed by atoms with E-state index < -0.39 is 8.24 Å². The van der Waals surface area contributed by atoms with Crippen LogP contribution in [0.5, 0.6) is 0 Å². The van der Waals surface area contributed by atoms with Crippen LogP contribution in [-0.4, -0.2) is 13.8 Å². The van der Waals surface area contributed by atoms with Crippen molar-refractivity contribution in [2.75, 3.05) is 0 Å². The van der Waals surface area contributed by atoms with Crippen LogP contribution >= 0.6 is 0 Å². The zero-order valence-electron chi connectivity index (χ0n) is 12.2. The molecule has 1 rings (SSSR count). The number of allylic oxidation sites excluding steroid dienone is 4. The van der Waals surface area contributed by atoms with Gasteiger partial charge in [0.15, 0.2) is 0 Å². The molecule has 1 nitrogen and oxygen atoms in total. The molecule has 1 aliphatic carbocycles. The second-order valence-electron chi connectivity index (χ2n) is 6.73. The van der Waals surface area contributed by atoms with Crippen molar-refractivity contribution >= 4 is 8.24 Å². The first kappa shape index (κ1) is 13.7. The number of nitrogens with one attached hydrogen (secondary N) is 1. The minimum Gasteiger partial charge on any atom is -0.332 e. The van der Waals surface area contributed by atoms with Crippen LogP contribution in [0.25, 0.3) is 0 Å². The lowest BCUT2D eigenvalue weighted by Crippen LogP contribution is -2.56. The molecule has 1 atom stereocenters. The Labute approximate surface area is 102 Å². The van der Waals surface area contributed by atoms with Gasteiger partial charge in [0.05, 0.1) is 0 Å². The third-order valence-corrected chi connectivity index (χ3v) is 7.09. The van der Waals surface area contributed by atoms with Gasteiger partial charge in [-0.15, -0.1) is 0 Å². The Morgan fingerprint density at radius 2 is 1.62 bits per heavy atom. The van der Waals surface area contributed by atoms with E-state index in [1.54, 1.807) is 5.57 Å². The average Bonchev–Trinajstić information content (AvgIpc) is 2.29. The molecule has 0 aliphatic heterocycles. The minimum absolute atomic E-state index is 0.217. The summed E-state index contributed by atoms with van der Waals surface area (Å²) in [6.07, 6.45) is 2.47. The summed E-state index contributed by atoms with van der Waals surface area (Å²) >= 11 is 0. The van der Waals surface area contributed by atoms with E-state index >= 15 is 0 Å². The predicted octanol–water partition coefficient (Wildman–Crippen LogP) is 4.25. The second-order valence-corrected chi connectivity index (χ2v) is 11.0. The Kier molecular flexibility index (Phi) is 3.56. The number of rotatable bonds is 2. The Bertz CT molecular complexity index is 342. The zero-order chi connectivity index (χ0) is 12.7. The molecule has 0 spiro atoms. The molecule has 0 aromatic carbocycles. The van der Waals surface area contributed by atoms with Gasteiger partial charge in [0.1, 0.15) is 8.24 Å². The van der Waals surface area contributed by atoms with Crippen molar-refractivity contribution in [2.24, 2.45) is 0 Å². The summed E-state index contributed by atoms with van der Waals surface area (Å²) in [4.78, 5) is 3.87. The fourth-order valence-corrected chi connectivity index (χ4v) is 6.89. The van der Waals surface area contributed by atoms with Gasteiger partial charge in [0.2, 0.25) is 0 Å². The monoisotopic (exact) mass is 237 g/mol. The largest absolute Gasteiger partial charge is 0.332 e. The molecule has 0 saturated heterocycles. The normalized spacial score (nSPS) is 22.8. The molecule has 1 unspecified atom stereocenters. The summed E-state index contributed by atoms with van der Waals surface area (Å²) in [6, 6.07) is 0. The molecule has 0 radical (unpaired) electrons. The highest BCUT2D eigenvalue weighted by atomic mass is 28.3. The molecule has 0 amide bonds. The maximum atomic E-state index is 3.87. The van der Waals surface area contributed by atoms with Crippen molar-refractivity contribution in [1.29, 1.82) is 0 Å². The lowest BCUT2D eigenvalue weighted by molar-refractivity contribution is 0.509. The molecule has 92 valence electrons. The van der Waals surface area contributed by atoms with Gasteiger partial charge in [0.25, 0.3) is 0 Å². The Hall–Kier alpha value is -0.343. The maximum Gasteiger partial charge on any atom is 0.130 e. The lowest BCUT2D eigenvalue weighted by atomic mass is 10.1. The van der Waals surface area contributed by atoms with E-state index in [0.717, 1.165) is 0 Å².